The van der Waals surface area contributed by atoms with Crippen LogP contribution in [0.25, 0.3) is 0 Å². The minimum Gasteiger partial charge on any atom is -0.504 e. The van der Waals surface area contributed by atoms with E-state index in [4.69, 9.17) is 16.3 Å². The van der Waals surface area contributed by atoms with Gasteiger partial charge in [0.1, 0.15) is 0 Å². The third kappa shape index (κ3) is 6.48. The molecule has 0 unspecified atom stereocenters. The number of nitrogens with zero attached hydrogens (tertiary/aromatic N) is 1. The predicted molar refractivity (Wildman–Crippen MR) is 108 cm³/mol. The van der Waals surface area contributed by atoms with Crippen LogP contribution in [0.1, 0.15) is 18.1 Å². The highest BCUT2D eigenvalue weighted by atomic mass is 35.5. The molecule has 0 fully saturated rings. The maximum atomic E-state index is 9.65. The van der Waals surface area contributed by atoms with Crippen molar-refractivity contribution in [1.29, 1.82) is 0 Å². The van der Waals surface area contributed by atoms with Crippen LogP contribution < -0.4 is 15.4 Å². The van der Waals surface area contributed by atoms with Gasteiger partial charge in [0, 0.05) is 24.7 Å². The molecule has 0 saturated carbocycles. The van der Waals surface area contributed by atoms with Crippen LogP contribution in [0.15, 0.2) is 47.5 Å². The molecule has 2 rings (SSSR count). The molecule has 0 bridgehead atoms. The quantitative estimate of drug-likeness (QED) is 0.488. The number of phenolic OH excluding ortho intramolecular Hbond substituents is 1. The monoisotopic (exact) mass is 375 g/mol. The highest BCUT2D eigenvalue weighted by Crippen LogP contribution is 2.26. The third-order valence-corrected chi connectivity index (χ3v) is 4.13. The molecule has 5 nitrogen and oxygen atoms in total. The first-order valence-corrected chi connectivity index (χ1v) is 9.12. The second-order valence-corrected chi connectivity index (χ2v) is 6.26. The fourth-order valence-electron chi connectivity index (χ4n) is 2.49. The number of aromatic hydroxyl groups is 1. The average molecular weight is 376 g/mol. The first kappa shape index (κ1) is 19.9. The Morgan fingerprint density at radius 1 is 1.08 bits per heavy atom. The summed E-state index contributed by atoms with van der Waals surface area (Å²) in [6, 6.07) is 13.2. The number of rotatable bonds is 8. The molecule has 0 aliphatic rings. The van der Waals surface area contributed by atoms with Crippen LogP contribution >= 0.6 is 11.6 Å². The zero-order chi connectivity index (χ0) is 18.8. The molecule has 0 aromatic heterocycles. The molecule has 0 atom stereocenters. The maximum Gasteiger partial charge on any atom is 0.191 e. The van der Waals surface area contributed by atoms with Crippen LogP contribution in [0.4, 0.5) is 0 Å². The molecule has 140 valence electrons. The molecule has 3 N–H and O–H groups in total. The van der Waals surface area contributed by atoms with E-state index in [1.165, 1.54) is 5.56 Å². The van der Waals surface area contributed by atoms with E-state index in [1.807, 2.05) is 43.3 Å². The molecule has 2 aromatic carbocycles. The summed E-state index contributed by atoms with van der Waals surface area (Å²) in [6.45, 7) is 4.28. The van der Waals surface area contributed by atoms with E-state index in [1.54, 1.807) is 13.2 Å². The Bertz CT molecular complexity index is 717. The number of phenols is 1. The number of ether oxygens (including phenoxy) is 1. The molecular formula is C20H26ClN3O2. The fraction of sp³-hybridized carbons (Fsp3) is 0.350. The van der Waals surface area contributed by atoms with Crippen molar-refractivity contribution in [3.8, 4) is 11.5 Å². The number of hydrogen-bond donors (Lipinski definition) is 3. The van der Waals surface area contributed by atoms with E-state index in [0.717, 1.165) is 42.5 Å². The first-order valence-electron chi connectivity index (χ1n) is 8.75. The van der Waals surface area contributed by atoms with E-state index >= 15 is 0 Å². The molecule has 0 amide bonds. The second kappa shape index (κ2) is 10.6. The van der Waals surface area contributed by atoms with E-state index in [9.17, 15) is 5.11 Å². The van der Waals surface area contributed by atoms with Crippen molar-refractivity contribution in [3.05, 3.63) is 58.6 Å². The normalized spacial score (nSPS) is 11.3. The Hall–Kier alpha value is -2.40. The second-order valence-electron chi connectivity index (χ2n) is 5.82. The maximum absolute atomic E-state index is 9.65. The Morgan fingerprint density at radius 2 is 1.81 bits per heavy atom. The number of halogens is 1. The summed E-state index contributed by atoms with van der Waals surface area (Å²) >= 11 is 5.90. The lowest BCUT2D eigenvalue weighted by molar-refractivity contribution is 0.373. The van der Waals surface area contributed by atoms with Gasteiger partial charge in [0.25, 0.3) is 0 Å². The number of guanidine groups is 1. The van der Waals surface area contributed by atoms with Crippen LogP contribution in [0.3, 0.4) is 0 Å². The van der Waals surface area contributed by atoms with Crippen molar-refractivity contribution in [2.24, 2.45) is 4.99 Å². The van der Waals surface area contributed by atoms with Crippen molar-refractivity contribution in [1.82, 2.24) is 10.6 Å². The van der Waals surface area contributed by atoms with Gasteiger partial charge in [-0.25, -0.2) is 0 Å². The molecule has 0 spiro atoms. The molecular weight excluding hydrogens is 350 g/mol. The smallest absolute Gasteiger partial charge is 0.191 e. The molecule has 2 aromatic rings. The highest BCUT2D eigenvalue weighted by Gasteiger charge is 2.03. The lowest BCUT2D eigenvalue weighted by atomic mass is 10.1. The van der Waals surface area contributed by atoms with Crippen molar-refractivity contribution in [3.63, 3.8) is 0 Å². The van der Waals surface area contributed by atoms with Gasteiger partial charge in [0.05, 0.1) is 7.11 Å². The summed E-state index contributed by atoms with van der Waals surface area (Å²) < 4.78 is 5.14. The molecule has 26 heavy (non-hydrogen) atoms. The first-order chi connectivity index (χ1) is 12.6. The van der Waals surface area contributed by atoms with Crippen molar-refractivity contribution >= 4 is 17.6 Å². The van der Waals surface area contributed by atoms with Gasteiger partial charge >= 0.3 is 0 Å². The van der Waals surface area contributed by atoms with E-state index in [-0.39, 0.29) is 5.75 Å². The lowest BCUT2D eigenvalue weighted by Crippen LogP contribution is -2.38. The van der Waals surface area contributed by atoms with Crippen LogP contribution in [0.2, 0.25) is 5.02 Å². The summed E-state index contributed by atoms with van der Waals surface area (Å²) in [5, 5.41) is 17.0. The van der Waals surface area contributed by atoms with Crippen molar-refractivity contribution in [2.45, 2.75) is 19.8 Å². The topological polar surface area (TPSA) is 65.9 Å². The fourth-order valence-corrected chi connectivity index (χ4v) is 2.62. The molecule has 0 heterocycles. The minimum atomic E-state index is 0.154. The van der Waals surface area contributed by atoms with E-state index < -0.39 is 0 Å². The van der Waals surface area contributed by atoms with Gasteiger partial charge in [-0.15, -0.1) is 0 Å². The van der Waals surface area contributed by atoms with Crippen LogP contribution in [0.5, 0.6) is 11.5 Å². The van der Waals surface area contributed by atoms with Gasteiger partial charge in [-0.1, -0.05) is 29.8 Å². The van der Waals surface area contributed by atoms with Gasteiger partial charge in [-0.3, -0.25) is 4.99 Å². The summed E-state index contributed by atoms with van der Waals surface area (Å²) in [4.78, 5) is 4.61. The zero-order valence-electron chi connectivity index (χ0n) is 15.3. The van der Waals surface area contributed by atoms with E-state index in [0.29, 0.717) is 12.3 Å². The Labute approximate surface area is 160 Å². The summed E-state index contributed by atoms with van der Waals surface area (Å²) in [7, 11) is 1.55. The van der Waals surface area contributed by atoms with Gasteiger partial charge in [0.15, 0.2) is 17.5 Å². The number of hydrogen-bond acceptors (Lipinski definition) is 3. The Morgan fingerprint density at radius 3 is 2.50 bits per heavy atom. The third-order valence-electron chi connectivity index (χ3n) is 3.88. The van der Waals surface area contributed by atoms with Crippen LogP contribution in [0, 0.1) is 0 Å². The van der Waals surface area contributed by atoms with Crippen molar-refractivity contribution < 1.29 is 9.84 Å². The Kier molecular flexibility index (Phi) is 8.09. The van der Waals surface area contributed by atoms with Gasteiger partial charge < -0.3 is 20.5 Å². The molecule has 0 aliphatic heterocycles. The molecule has 0 saturated heterocycles. The standard InChI is InChI=1S/C20H26ClN3O2/c1-3-22-20(23-12-10-15-4-7-17(21)8-5-15)24-13-11-16-6-9-18(25)19(14-16)26-2/h4-9,14,25H,3,10-13H2,1-2H3,(H2,22,23,24). The average Bonchev–Trinajstić information content (AvgIpc) is 2.64. The van der Waals surface area contributed by atoms with E-state index in [2.05, 4.69) is 15.6 Å². The summed E-state index contributed by atoms with van der Waals surface area (Å²) in [5.74, 6) is 1.44. The summed E-state index contributed by atoms with van der Waals surface area (Å²) in [5.41, 5.74) is 2.30. The van der Waals surface area contributed by atoms with Crippen molar-refractivity contribution in [2.75, 3.05) is 26.7 Å². The molecule has 0 aliphatic carbocycles. The molecule has 6 heteroatoms. The predicted octanol–water partition coefficient (Wildman–Crippen LogP) is 3.39. The Balaban J connectivity index is 1.84. The van der Waals surface area contributed by atoms with Gasteiger partial charge in [-0.05, 0) is 55.2 Å². The van der Waals surface area contributed by atoms with Gasteiger partial charge in [-0.2, -0.15) is 0 Å². The largest absolute Gasteiger partial charge is 0.504 e. The lowest BCUT2D eigenvalue weighted by Gasteiger charge is -2.12. The molecule has 0 radical (unpaired) electrons. The summed E-state index contributed by atoms with van der Waals surface area (Å²) in [6.07, 6.45) is 1.67. The zero-order valence-corrected chi connectivity index (χ0v) is 16.0. The SMILES string of the molecule is CCNC(=NCCc1ccc(Cl)cc1)NCCc1ccc(O)c(OC)c1. The number of benzene rings is 2. The number of aliphatic imine (C=N–C) groups is 1. The number of methoxy groups -OCH3 is 1. The van der Waals surface area contributed by atoms with Crippen LogP contribution in [-0.4, -0.2) is 37.8 Å². The van der Waals surface area contributed by atoms with Gasteiger partial charge in [0.2, 0.25) is 0 Å². The highest BCUT2D eigenvalue weighted by molar-refractivity contribution is 6.30. The van der Waals surface area contributed by atoms with Crippen LogP contribution in [-0.2, 0) is 12.8 Å². The minimum absolute atomic E-state index is 0.154. The number of nitrogens with one attached hydrogen (secondary N) is 2.